The molecular formula is C18H17N3O2S. The summed E-state index contributed by atoms with van der Waals surface area (Å²) in [5, 5.41) is 16.5. The van der Waals surface area contributed by atoms with E-state index in [4.69, 9.17) is 4.74 Å². The second-order valence-corrected chi connectivity index (χ2v) is 5.79. The molecule has 2 aromatic carbocycles. The molecule has 1 aromatic heterocycles. The quantitative estimate of drug-likeness (QED) is 0.532. The summed E-state index contributed by atoms with van der Waals surface area (Å²) in [5.41, 5.74) is 6.09. The maximum absolute atomic E-state index is 9.62. The molecule has 3 aromatic rings. The van der Waals surface area contributed by atoms with Crippen LogP contribution in [-0.4, -0.2) is 29.5 Å². The van der Waals surface area contributed by atoms with E-state index in [9.17, 15) is 5.11 Å². The predicted octanol–water partition coefficient (Wildman–Crippen LogP) is 3.63. The lowest BCUT2D eigenvalue weighted by Crippen LogP contribution is -2.10. The van der Waals surface area contributed by atoms with Crippen LogP contribution < -0.4 is 10.2 Å². The zero-order chi connectivity index (χ0) is 16.8. The van der Waals surface area contributed by atoms with Gasteiger partial charge >= 0.3 is 0 Å². The summed E-state index contributed by atoms with van der Waals surface area (Å²) in [6, 6.07) is 17.4. The Kier molecular flexibility index (Phi) is 5.20. The van der Waals surface area contributed by atoms with Gasteiger partial charge in [-0.25, -0.2) is 4.98 Å². The summed E-state index contributed by atoms with van der Waals surface area (Å²) < 4.78 is 5.31. The Morgan fingerprint density at radius 2 is 1.92 bits per heavy atom. The maximum Gasteiger partial charge on any atom is 0.203 e. The van der Waals surface area contributed by atoms with Gasteiger partial charge in [-0.05, 0) is 12.1 Å². The van der Waals surface area contributed by atoms with Crippen LogP contribution in [0.1, 0.15) is 5.56 Å². The smallest absolute Gasteiger partial charge is 0.203 e. The number of nitrogens with zero attached hydrogens (tertiary/aromatic N) is 2. The number of methoxy groups -OCH3 is 1. The Morgan fingerprint density at radius 3 is 2.67 bits per heavy atom. The summed E-state index contributed by atoms with van der Waals surface area (Å²) >= 11 is 1.46. The number of ether oxygens (including phenoxy) is 1. The molecule has 2 N–H and O–H groups in total. The minimum absolute atomic E-state index is 0.204. The van der Waals surface area contributed by atoms with E-state index in [0.717, 1.165) is 16.8 Å². The highest BCUT2D eigenvalue weighted by atomic mass is 32.1. The van der Waals surface area contributed by atoms with E-state index >= 15 is 0 Å². The second-order valence-electron chi connectivity index (χ2n) is 4.93. The fourth-order valence-electron chi connectivity index (χ4n) is 2.25. The first kappa shape index (κ1) is 16.2. The van der Waals surface area contributed by atoms with Gasteiger partial charge in [0.2, 0.25) is 5.13 Å². The predicted molar refractivity (Wildman–Crippen MR) is 97.8 cm³/mol. The number of rotatable bonds is 6. The molecule has 0 bridgehead atoms. The number of thiazole rings is 1. The lowest BCUT2D eigenvalue weighted by atomic mass is 10.1. The molecule has 0 spiro atoms. The summed E-state index contributed by atoms with van der Waals surface area (Å²) in [5.74, 6) is 0.663. The van der Waals surface area contributed by atoms with Crippen molar-refractivity contribution in [2.24, 2.45) is 5.10 Å². The van der Waals surface area contributed by atoms with Crippen LogP contribution in [0.25, 0.3) is 11.3 Å². The van der Waals surface area contributed by atoms with Gasteiger partial charge in [0.1, 0.15) is 5.75 Å². The molecule has 1 heterocycles. The van der Waals surface area contributed by atoms with Crippen LogP contribution >= 0.6 is 11.3 Å². The lowest BCUT2D eigenvalue weighted by molar-refractivity contribution is 0.356. The van der Waals surface area contributed by atoms with Crippen molar-refractivity contribution in [2.45, 2.75) is 0 Å². The van der Waals surface area contributed by atoms with E-state index in [2.05, 4.69) is 15.5 Å². The second kappa shape index (κ2) is 7.72. The molecule has 0 atom stereocenters. The molecule has 0 radical (unpaired) electrons. The Hall–Kier alpha value is -2.70. The minimum atomic E-state index is -0.204. The molecule has 122 valence electrons. The molecule has 0 saturated heterocycles. The maximum atomic E-state index is 9.62. The van der Waals surface area contributed by atoms with Crippen LogP contribution in [0.2, 0.25) is 0 Å². The topological polar surface area (TPSA) is 66.7 Å². The number of para-hydroxylation sites is 1. The first-order valence-electron chi connectivity index (χ1n) is 7.39. The highest BCUT2D eigenvalue weighted by Crippen LogP contribution is 2.25. The van der Waals surface area contributed by atoms with Crippen molar-refractivity contribution in [2.75, 3.05) is 19.1 Å². The molecule has 0 amide bonds. The van der Waals surface area contributed by atoms with Crippen molar-refractivity contribution in [3.05, 3.63) is 65.5 Å². The van der Waals surface area contributed by atoms with Gasteiger partial charge in [-0.2, -0.15) is 5.10 Å². The van der Waals surface area contributed by atoms with Crippen molar-refractivity contribution < 1.29 is 9.84 Å². The van der Waals surface area contributed by atoms with E-state index in [-0.39, 0.29) is 6.61 Å². The third kappa shape index (κ3) is 3.61. The number of hydrazone groups is 1. The normalized spacial score (nSPS) is 11.3. The van der Waals surface area contributed by atoms with Crippen LogP contribution in [0.15, 0.2) is 65.1 Å². The van der Waals surface area contributed by atoms with E-state index in [1.165, 1.54) is 11.3 Å². The third-order valence-electron chi connectivity index (χ3n) is 3.43. The molecule has 24 heavy (non-hydrogen) atoms. The molecule has 0 aliphatic carbocycles. The molecule has 0 saturated carbocycles. The number of hydrogen-bond acceptors (Lipinski definition) is 6. The van der Waals surface area contributed by atoms with Crippen molar-refractivity contribution in [3.8, 4) is 17.0 Å². The monoisotopic (exact) mass is 339 g/mol. The van der Waals surface area contributed by atoms with Gasteiger partial charge in [0.25, 0.3) is 0 Å². The van der Waals surface area contributed by atoms with E-state index in [1.54, 1.807) is 7.11 Å². The molecule has 6 heteroatoms. The van der Waals surface area contributed by atoms with Gasteiger partial charge in [0.05, 0.1) is 25.1 Å². The van der Waals surface area contributed by atoms with Gasteiger partial charge in [0.15, 0.2) is 0 Å². The van der Waals surface area contributed by atoms with E-state index in [1.807, 2.05) is 60.0 Å². The van der Waals surface area contributed by atoms with Crippen LogP contribution in [0.4, 0.5) is 5.13 Å². The number of anilines is 1. The van der Waals surface area contributed by atoms with Crippen LogP contribution in [0, 0.1) is 0 Å². The van der Waals surface area contributed by atoms with Crippen molar-refractivity contribution in [1.82, 2.24) is 4.98 Å². The summed E-state index contributed by atoms with van der Waals surface area (Å²) in [4.78, 5) is 4.51. The van der Waals surface area contributed by atoms with Crippen molar-refractivity contribution in [3.63, 3.8) is 0 Å². The molecule has 0 fully saturated rings. The fraction of sp³-hybridized carbons (Fsp3) is 0.111. The van der Waals surface area contributed by atoms with Gasteiger partial charge in [-0.1, -0.05) is 42.5 Å². The summed E-state index contributed by atoms with van der Waals surface area (Å²) in [6.45, 7) is -0.204. The fourth-order valence-corrected chi connectivity index (χ4v) is 2.91. The minimum Gasteiger partial charge on any atom is -0.496 e. The molecule has 0 aliphatic heterocycles. The van der Waals surface area contributed by atoms with Crippen LogP contribution in [0.3, 0.4) is 0 Å². The highest BCUT2D eigenvalue weighted by molar-refractivity contribution is 7.14. The largest absolute Gasteiger partial charge is 0.496 e. The molecule has 3 rings (SSSR count). The summed E-state index contributed by atoms with van der Waals surface area (Å²) in [7, 11) is 1.59. The Bertz CT molecular complexity index is 831. The van der Waals surface area contributed by atoms with E-state index < -0.39 is 0 Å². The molecule has 5 nitrogen and oxygen atoms in total. The standard InChI is InChI=1S/C18H17N3O2S/c1-23-17-10-6-5-9-14(17)15(11-22)20-21-18-19-16(12-24-18)13-7-3-2-4-8-13/h2-10,12,22H,11H2,1H3,(H,19,21)/b20-15+. The Labute approximate surface area is 144 Å². The number of nitrogens with one attached hydrogen (secondary N) is 1. The molecule has 0 unspecified atom stereocenters. The number of aliphatic hydroxyl groups excluding tert-OH is 1. The van der Waals surface area contributed by atoms with Crippen LogP contribution in [-0.2, 0) is 0 Å². The third-order valence-corrected chi connectivity index (χ3v) is 4.17. The highest BCUT2D eigenvalue weighted by Gasteiger charge is 2.09. The summed E-state index contributed by atoms with van der Waals surface area (Å²) in [6.07, 6.45) is 0. The van der Waals surface area contributed by atoms with Crippen molar-refractivity contribution in [1.29, 1.82) is 0 Å². The zero-order valence-electron chi connectivity index (χ0n) is 13.1. The average molecular weight is 339 g/mol. The van der Waals surface area contributed by atoms with Gasteiger partial charge in [-0.15, -0.1) is 11.3 Å². The van der Waals surface area contributed by atoms with Crippen LogP contribution in [0.5, 0.6) is 5.75 Å². The average Bonchev–Trinajstić information content (AvgIpc) is 3.12. The van der Waals surface area contributed by atoms with Gasteiger partial charge in [0, 0.05) is 16.5 Å². The zero-order valence-corrected chi connectivity index (χ0v) is 14.0. The Morgan fingerprint density at radius 1 is 1.17 bits per heavy atom. The first-order valence-corrected chi connectivity index (χ1v) is 8.27. The number of aliphatic hydroxyl groups is 1. The van der Waals surface area contributed by atoms with Gasteiger partial charge < -0.3 is 9.84 Å². The first-order chi connectivity index (χ1) is 11.8. The van der Waals surface area contributed by atoms with E-state index in [0.29, 0.717) is 16.6 Å². The molecule has 0 aliphatic rings. The number of benzene rings is 2. The Balaban J connectivity index is 1.80. The number of aromatic nitrogens is 1. The SMILES string of the molecule is COc1ccccc1/C(CO)=N/Nc1nc(-c2ccccc2)cs1. The molecular weight excluding hydrogens is 322 g/mol. The van der Waals surface area contributed by atoms with Crippen molar-refractivity contribution >= 4 is 22.2 Å². The number of hydrogen-bond donors (Lipinski definition) is 2. The van der Waals surface area contributed by atoms with Gasteiger partial charge in [-0.3, -0.25) is 5.43 Å². The lowest BCUT2D eigenvalue weighted by Gasteiger charge is -2.09.